The molecule has 0 saturated heterocycles. The second-order valence-corrected chi connectivity index (χ2v) is 11.4. The number of fused-ring (bicyclic) bond motifs is 5. The quantitative estimate of drug-likeness (QED) is 0.213. The van der Waals surface area contributed by atoms with Gasteiger partial charge >= 0.3 is 0 Å². The fourth-order valence-electron chi connectivity index (χ4n) is 6.90. The van der Waals surface area contributed by atoms with Crippen molar-refractivity contribution in [3.63, 3.8) is 0 Å². The minimum Gasteiger partial charge on any atom is -0.0616 e. The van der Waals surface area contributed by atoms with Crippen molar-refractivity contribution in [1.82, 2.24) is 0 Å². The first-order valence-electron chi connectivity index (χ1n) is 14.6. The number of hydrogen-bond acceptors (Lipinski definition) is 0. The molecular formula is C42H26. The van der Waals surface area contributed by atoms with Gasteiger partial charge in [0.05, 0.1) is 0 Å². The Hall–Kier alpha value is -5.46. The maximum absolute atomic E-state index is 2.34. The minimum atomic E-state index is 1.23. The third-order valence-electron chi connectivity index (χ3n) is 8.98. The average molecular weight is 531 g/mol. The average Bonchev–Trinajstić information content (AvgIpc) is 3.39. The highest BCUT2D eigenvalue weighted by Gasteiger charge is 2.22. The normalized spacial score (nSPS) is 11.8. The van der Waals surface area contributed by atoms with E-state index in [1.54, 1.807) is 0 Å². The molecule has 1 aliphatic carbocycles. The van der Waals surface area contributed by atoms with Gasteiger partial charge in [0.2, 0.25) is 0 Å². The molecule has 8 aromatic rings. The van der Waals surface area contributed by atoms with Gasteiger partial charge in [-0.3, -0.25) is 0 Å². The van der Waals surface area contributed by atoms with Crippen molar-refractivity contribution in [3.8, 4) is 55.6 Å². The third kappa shape index (κ3) is 3.56. The van der Waals surface area contributed by atoms with E-state index in [0.29, 0.717) is 0 Å². The highest BCUT2D eigenvalue weighted by atomic mass is 14.2. The SMILES string of the molecule is c1cc(-c2ccc3ccccc3c2)cc(-c2ccc3cc(-c4ccc5c6c(cccc46)-c4ccccc4-5)ccc3c2)c1. The zero-order valence-electron chi connectivity index (χ0n) is 23.0. The Morgan fingerprint density at radius 2 is 0.714 bits per heavy atom. The van der Waals surface area contributed by atoms with E-state index in [2.05, 4.69) is 158 Å². The zero-order valence-corrected chi connectivity index (χ0v) is 23.0. The van der Waals surface area contributed by atoms with E-state index in [9.17, 15) is 0 Å². The molecule has 0 amide bonds. The fourth-order valence-corrected chi connectivity index (χ4v) is 6.90. The van der Waals surface area contributed by atoms with Crippen LogP contribution in [0.5, 0.6) is 0 Å². The molecule has 0 aliphatic heterocycles. The molecule has 0 unspecified atom stereocenters. The first-order valence-corrected chi connectivity index (χ1v) is 14.6. The molecule has 1 aliphatic rings. The lowest BCUT2D eigenvalue weighted by atomic mass is 9.92. The third-order valence-corrected chi connectivity index (χ3v) is 8.98. The van der Waals surface area contributed by atoms with E-state index >= 15 is 0 Å². The van der Waals surface area contributed by atoms with E-state index in [1.807, 2.05) is 0 Å². The summed E-state index contributed by atoms with van der Waals surface area (Å²) < 4.78 is 0. The van der Waals surface area contributed by atoms with Gasteiger partial charge in [-0.05, 0) is 112 Å². The van der Waals surface area contributed by atoms with Gasteiger partial charge in [-0.15, -0.1) is 0 Å². The van der Waals surface area contributed by atoms with Crippen molar-refractivity contribution in [3.05, 3.63) is 158 Å². The molecule has 0 aromatic heterocycles. The Bertz CT molecular complexity index is 2330. The molecule has 9 rings (SSSR count). The summed E-state index contributed by atoms with van der Waals surface area (Å²) in [6, 6.07) is 58.0. The summed E-state index contributed by atoms with van der Waals surface area (Å²) in [5, 5.41) is 7.75. The first-order chi connectivity index (χ1) is 20.8. The summed E-state index contributed by atoms with van der Waals surface area (Å²) in [4.78, 5) is 0. The van der Waals surface area contributed by atoms with Crippen LogP contribution in [0.4, 0.5) is 0 Å². The molecule has 8 aromatic carbocycles. The van der Waals surface area contributed by atoms with Crippen LogP contribution in [0.2, 0.25) is 0 Å². The lowest BCUT2D eigenvalue weighted by Gasteiger charge is -2.12. The smallest absolute Gasteiger partial charge is 0.00201 e. The van der Waals surface area contributed by atoms with Crippen LogP contribution in [-0.4, -0.2) is 0 Å². The Labute approximate surface area is 245 Å². The zero-order chi connectivity index (χ0) is 27.6. The van der Waals surface area contributed by atoms with E-state index in [1.165, 1.54) is 88.0 Å². The van der Waals surface area contributed by atoms with Gasteiger partial charge in [-0.25, -0.2) is 0 Å². The summed E-state index contributed by atoms with van der Waals surface area (Å²) in [5.41, 5.74) is 12.9. The van der Waals surface area contributed by atoms with Crippen molar-refractivity contribution in [2.24, 2.45) is 0 Å². The number of rotatable bonds is 3. The Balaban J connectivity index is 1.10. The second kappa shape index (κ2) is 9.03. The Kier molecular flexibility index (Phi) is 5.00. The van der Waals surface area contributed by atoms with Gasteiger partial charge in [0, 0.05) is 0 Å². The Morgan fingerprint density at radius 3 is 1.45 bits per heavy atom. The summed E-state index contributed by atoms with van der Waals surface area (Å²) in [6.45, 7) is 0. The van der Waals surface area contributed by atoms with Crippen LogP contribution in [-0.2, 0) is 0 Å². The molecule has 0 saturated carbocycles. The molecule has 0 N–H and O–H groups in total. The van der Waals surface area contributed by atoms with Crippen LogP contribution < -0.4 is 0 Å². The van der Waals surface area contributed by atoms with Crippen LogP contribution in [0.1, 0.15) is 0 Å². The predicted molar refractivity (Wildman–Crippen MR) is 180 cm³/mol. The molecule has 194 valence electrons. The molecule has 0 heterocycles. The molecule has 0 nitrogen and oxygen atoms in total. The highest BCUT2D eigenvalue weighted by Crippen LogP contribution is 2.49. The van der Waals surface area contributed by atoms with Crippen molar-refractivity contribution in [1.29, 1.82) is 0 Å². The van der Waals surface area contributed by atoms with Gasteiger partial charge in [0.1, 0.15) is 0 Å². The summed E-state index contributed by atoms with van der Waals surface area (Å²) in [7, 11) is 0. The maximum atomic E-state index is 2.34. The monoisotopic (exact) mass is 530 g/mol. The van der Waals surface area contributed by atoms with E-state index in [4.69, 9.17) is 0 Å². The summed E-state index contributed by atoms with van der Waals surface area (Å²) in [6.07, 6.45) is 0. The minimum absolute atomic E-state index is 1.23. The lowest BCUT2D eigenvalue weighted by Crippen LogP contribution is -1.85. The van der Waals surface area contributed by atoms with Crippen LogP contribution >= 0.6 is 0 Å². The molecule has 0 radical (unpaired) electrons. The maximum Gasteiger partial charge on any atom is -0.00201 e. The molecule has 42 heavy (non-hydrogen) atoms. The van der Waals surface area contributed by atoms with Crippen LogP contribution in [0.25, 0.3) is 88.0 Å². The van der Waals surface area contributed by atoms with Crippen molar-refractivity contribution < 1.29 is 0 Å². The van der Waals surface area contributed by atoms with Crippen LogP contribution in [0, 0.1) is 0 Å². The van der Waals surface area contributed by atoms with Crippen molar-refractivity contribution >= 4 is 32.3 Å². The van der Waals surface area contributed by atoms with E-state index in [0.717, 1.165) is 0 Å². The van der Waals surface area contributed by atoms with Gasteiger partial charge in [0.15, 0.2) is 0 Å². The van der Waals surface area contributed by atoms with Gasteiger partial charge in [-0.2, -0.15) is 0 Å². The summed E-state index contributed by atoms with van der Waals surface area (Å²) >= 11 is 0. The molecule has 0 atom stereocenters. The largest absolute Gasteiger partial charge is 0.0616 e. The summed E-state index contributed by atoms with van der Waals surface area (Å²) in [5.74, 6) is 0. The van der Waals surface area contributed by atoms with Gasteiger partial charge < -0.3 is 0 Å². The van der Waals surface area contributed by atoms with E-state index in [-0.39, 0.29) is 0 Å². The molecule has 0 fully saturated rings. The predicted octanol–water partition coefficient (Wildman–Crippen LogP) is 11.8. The number of benzene rings is 8. The highest BCUT2D eigenvalue weighted by molar-refractivity contribution is 6.18. The molecular weight excluding hydrogens is 504 g/mol. The van der Waals surface area contributed by atoms with Crippen molar-refractivity contribution in [2.45, 2.75) is 0 Å². The first kappa shape index (κ1) is 23.3. The molecule has 0 bridgehead atoms. The number of hydrogen-bond donors (Lipinski definition) is 0. The van der Waals surface area contributed by atoms with Gasteiger partial charge in [0.25, 0.3) is 0 Å². The van der Waals surface area contributed by atoms with Crippen molar-refractivity contribution in [2.75, 3.05) is 0 Å². The topological polar surface area (TPSA) is 0 Å². The fraction of sp³-hybridized carbons (Fsp3) is 0. The van der Waals surface area contributed by atoms with Crippen LogP contribution in [0.15, 0.2) is 158 Å². The second-order valence-electron chi connectivity index (χ2n) is 11.4. The van der Waals surface area contributed by atoms with E-state index < -0.39 is 0 Å². The standard InChI is InChI=1S/C42H26/c1-2-8-28-23-31(16-15-27(28)7-1)29-9-5-10-30(24-29)32-17-18-34-26-35(20-19-33(34)25-32)36-21-22-41-38-12-4-3-11-37(38)40-14-6-13-39(36)42(40)41/h1-26H. The van der Waals surface area contributed by atoms with Gasteiger partial charge in [-0.1, -0.05) is 133 Å². The molecule has 0 spiro atoms. The lowest BCUT2D eigenvalue weighted by molar-refractivity contribution is 1.61. The Morgan fingerprint density at radius 1 is 0.238 bits per heavy atom. The van der Waals surface area contributed by atoms with Crippen LogP contribution in [0.3, 0.4) is 0 Å². The molecule has 0 heteroatoms.